The Labute approximate surface area is 158 Å². The van der Waals surface area contributed by atoms with Crippen LogP contribution in [0.4, 0.5) is 9.52 Å². The Bertz CT molecular complexity index is 912. The van der Waals surface area contributed by atoms with Crippen molar-refractivity contribution in [1.82, 2.24) is 9.88 Å². The third-order valence-corrected chi connectivity index (χ3v) is 5.42. The van der Waals surface area contributed by atoms with Crippen LogP contribution in [0.2, 0.25) is 0 Å². The summed E-state index contributed by atoms with van der Waals surface area (Å²) in [4.78, 5) is 21.3. The van der Waals surface area contributed by atoms with Gasteiger partial charge < -0.3 is 4.90 Å². The predicted molar refractivity (Wildman–Crippen MR) is 104 cm³/mol. The summed E-state index contributed by atoms with van der Waals surface area (Å²) in [5, 5.41) is 0.572. The molecule has 0 spiro atoms. The van der Waals surface area contributed by atoms with Crippen LogP contribution in [0, 0.1) is 5.82 Å². The van der Waals surface area contributed by atoms with Crippen molar-refractivity contribution in [3.63, 3.8) is 0 Å². The number of amides is 1. The summed E-state index contributed by atoms with van der Waals surface area (Å²) in [6, 6.07) is 11.8. The molecule has 0 atom stereocenters. The van der Waals surface area contributed by atoms with Crippen LogP contribution in [-0.4, -0.2) is 43.0 Å². The van der Waals surface area contributed by atoms with E-state index < -0.39 is 0 Å². The van der Waals surface area contributed by atoms with Gasteiger partial charge in [0.2, 0.25) is 0 Å². The molecule has 0 unspecified atom stereocenters. The number of likely N-dealkylation sites (N-methyl/N-ethyl adjacent to an activating group) is 1. The van der Waals surface area contributed by atoms with Gasteiger partial charge in [0.1, 0.15) is 5.82 Å². The molecule has 1 heterocycles. The zero-order chi connectivity index (χ0) is 18.0. The number of benzene rings is 2. The first-order chi connectivity index (χ1) is 12.0. The van der Waals surface area contributed by atoms with E-state index in [0.29, 0.717) is 29.3 Å². The van der Waals surface area contributed by atoms with Gasteiger partial charge in [-0.1, -0.05) is 23.5 Å². The van der Waals surface area contributed by atoms with E-state index in [1.807, 2.05) is 37.2 Å². The van der Waals surface area contributed by atoms with E-state index >= 15 is 0 Å². The van der Waals surface area contributed by atoms with Gasteiger partial charge in [0.15, 0.2) is 5.13 Å². The van der Waals surface area contributed by atoms with Gasteiger partial charge in [-0.15, -0.1) is 0 Å². The minimum Gasteiger partial charge on any atom is -0.308 e. The van der Waals surface area contributed by atoms with Crippen LogP contribution in [-0.2, 0) is 0 Å². The first-order valence-corrected chi connectivity index (χ1v) is 9.34. The molecule has 0 N–H and O–H groups in total. The Morgan fingerprint density at radius 3 is 2.68 bits per heavy atom. The Kier molecular flexibility index (Phi) is 5.46. The Hall–Kier alpha value is -1.83. The number of anilines is 1. The van der Waals surface area contributed by atoms with Crippen molar-refractivity contribution in [2.24, 2.45) is 0 Å². The van der Waals surface area contributed by atoms with E-state index in [2.05, 4.69) is 20.9 Å². The van der Waals surface area contributed by atoms with Gasteiger partial charge in [-0.2, -0.15) is 0 Å². The number of fused-ring (bicyclic) bond motifs is 1. The third kappa shape index (κ3) is 4.05. The van der Waals surface area contributed by atoms with Gasteiger partial charge in [0.05, 0.1) is 15.8 Å². The molecule has 4 nitrogen and oxygen atoms in total. The second-order valence-electron chi connectivity index (χ2n) is 5.85. The van der Waals surface area contributed by atoms with Crippen LogP contribution in [0.3, 0.4) is 0 Å². The number of thiazole rings is 1. The van der Waals surface area contributed by atoms with Crippen LogP contribution in [0.15, 0.2) is 46.9 Å². The number of hydrogen-bond donors (Lipinski definition) is 0. The Morgan fingerprint density at radius 1 is 1.20 bits per heavy atom. The second kappa shape index (κ2) is 7.59. The van der Waals surface area contributed by atoms with Crippen molar-refractivity contribution in [1.29, 1.82) is 0 Å². The van der Waals surface area contributed by atoms with Crippen molar-refractivity contribution in [2.45, 2.75) is 0 Å². The molecular formula is C18H17BrFN3OS. The summed E-state index contributed by atoms with van der Waals surface area (Å²) in [5.74, 6) is -0.437. The van der Waals surface area contributed by atoms with Crippen molar-refractivity contribution in [3.8, 4) is 0 Å². The molecule has 7 heteroatoms. The van der Waals surface area contributed by atoms with Crippen LogP contribution in [0.25, 0.3) is 10.2 Å². The van der Waals surface area contributed by atoms with E-state index in [1.165, 1.54) is 23.5 Å². The second-order valence-corrected chi connectivity index (χ2v) is 7.71. The molecule has 25 heavy (non-hydrogen) atoms. The number of carbonyl (C=O) groups is 1. The Morgan fingerprint density at radius 2 is 1.96 bits per heavy atom. The van der Waals surface area contributed by atoms with E-state index in [-0.39, 0.29) is 11.7 Å². The summed E-state index contributed by atoms with van der Waals surface area (Å²) in [7, 11) is 3.91. The molecule has 0 fully saturated rings. The number of carbonyl (C=O) groups excluding carboxylic acids is 1. The topological polar surface area (TPSA) is 36.4 Å². The molecule has 0 saturated carbocycles. The van der Waals surface area contributed by atoms with Crippen LogP contribution >= 0.6 is 27.3 Å². The molecule has 130 valence electrons. The summed E-state index contributed by atoms with van der Waals surface area (Å²) < 4.78 is 14.9. The average molecular weight is 422 g/mol. The first kappa shape index (κ1) is 18.0. The van der Waals surface area contributed by atoms with Crippen molar-refractivity contribution in [2.75, 3.05) is 32.1 Å². The molecule has 3 rings (SSSR count). The van der Waals surface area contributed by atoms with Gasteiger partial charge in [-0.05, 0) is 60.4 Å². The summed E-state index contributed by atoms with van der Waals surface area (Å²) >= 11 is 4.76. The largest absolute Gasteiger partial charge is 0.308 e. The minimum absolute atomic E-state index is 0.131. The van der Waals surface area contributed by atoms with E-state index in [1.54, 1.807) is 17.0 Å². The lowest BCUT2D eigenvalue weighted by Gasteiger charge is -2.22. The number of halogens is 2. The normalized spacial score (nSPS) is 11.2. The van der Waals surface area contributed by atoms with E-state index in [0.717, 1.165) is 9.17 Å². The summed E-state index contributed by atoms with van der Waals surface area (Å²) in [6.07, 6.45) is 0. The summed E-state index contributed by atoms with van der Waals surface area (Å²) in [5.41, 5.74) is 1.27. The predicted octanol–water partition coefficient (Wildman–Crippen LogP) is 4.41. The van der Waals surface area contributed by atoms with E-state index in [4.69, 9.17) is 0 Å². The maximum Gasteiger partial charge on any atom is 0.261 e. The van der Waals surface area contributed by atoms with Crippen molar-refractivity contribution in [3.05, 3.63) is 58.3 Å². The van der Waals surface area contributed by atoms with Crippen LogP contribution < -0.4 is 4.90 Å². The number of aromatic nitrogens is 1. The zero-order valence-corrected chi connectivity index (χ0v) is 16.3. The van der Waals surface area contributed by atoms with Crippen LogP contribution in [0.5, 0.6) is 0 Å². The van der Waals surface area contributed by atoms with Gasteiger partial charge in [0.25, 0.3) is 5.91 Å². The van der Waals surface area contributed by atoms with Crippen molar-refractivity contribution >= 4 is 48.5 Å². The standard InChI is InChI=1S/C18H17BrFN3OS/c1-22(2)9-10-23(17(24)13-5-3-4-6-14(13)19)18-21-15-8-7-12(20)11-16(15)25-18/h3-8,11H,9-10H2,1-2H3. The lowest BCUT2D eigenvalue weighted by molar-refractivity contribution is 0.0984. The molecule has 1 aromatic heterocycles. The summed E-state index contributed by atoms with van der Waals surface area (Å²) in [6.45, 7) is 1.19. The van der Waals surface area contributed by atoms with E-state index in [9.17, 15) is 9.18 Å². The zero-order valence-electron chi connectivity index (χ0n) is 13.9. The molecule has 3 aromatic rings. The monoisotopic (exact) mass is 421 g/mol. The SMILES string of the molecule is CN(C)CCN(C(=O)c1ccccc1Br)c1nc2ccc(F)cc2s1. The fourth-order valence-electron chi connectivity index (χ4n) is 2.37. The highest BCUT2D eigenvalue weighted by Gasteiger charge is 2.23. The average Bonchev–Trinajstić information content (AvgIpc) is 2.97. The maximum absolute atomic E-state index is 13.5. The molecular weight excluding hydrogens is 405 g/mol. The van der Waals surface area contributed by atoms with Crippen LogP contribution in [0.1, 0.15) is 10.4 Å². The molecule has 0 bridgehead atoms. The number of nitrogens with zero attached hydrogens (tertiary/aromatic N) is 3. The molecule has 0 aliphatic carbocycles. The minimum atomic E-state index is -0.306. The van der Waals surface area contributed by atoms with Gasteiger partial charge in [0, 0.05) is 17.6 Å². The highest BCUT2D eigenvalue weighted by molar-refractivity contribution is 9.10. The quantitative estimate of drug-likeness (QED) is 0.612. The van der Waals surface area contributed by atoms with Gasteiger partial charge in [-0.3, -0.25) is 9.69 Å². The molecule has 0 radical (unpaired) electrons. The highest BCUT2D eigenvalue weighted by atomic mass is 79.9. The molecule has 0 aliphatic rings. The third-order valence-electron chi connectivity index (χ3n) is 3.69. The molecule has 0 saturated heterocycles. The first-order valence-electron chi connectivity index (χ1n) is 7.73. The lowest BCUT2D eigenvalue weighted by Crippen LogP contribution is -2.36. The number of rotatable bonds is 5. The lowest BCUT2D eigenvalue weighted by atomic mass is 10.2. The molecule has 0 aliphatic heterocycles. The maximum atomic E-state index is 13.5. The van der Waals surface area contributed by atoms with Crippen molar-refractivity contribution < 1.29 is 9.18 Å². The molecule has 2 aromatic carbocycles. The molecule has 1 amide bonds. The highest BCUT2D eigenvalue weighted by Crippen LogP contribution is 2.31. The fraction of sp³-hybridized carbons (Fsp3) is 0.222. The Balaban J connectivity index is 2.01. The number of hydrogen-bond acceptors (Lipinski definition) is 4. The van der Waals surface area contributed by atoms with Gasteiger partial charge in [-0.25, -0.2) is 9.37 Å². The smallest absolute Gasteiger partial charge is 0.261 e. The fourth-order valence-corrected chi connectivity index (χ4v) is 3.84. The van der Waals surface area contributed by atoms with Gasteiger partial charge >= 0.3 is 0 Å².